The Morgan fingerprint density at radius 2 is 2.23 bits per heavy atom. The number of hydrogen-bond donors (Lipinski definition) is 2. The average Bonchev–Trinajstić information content (AvgIpc) is 2.47. The van der Waals surface area contributed by atoms with Crippen LogP contribution in [0.1, 0.15) is 12.8 Å². The number of hydrogen-bond acceptors (Lipinski definition) is 5. The molecule has 3 rings (SSSR count). The second-order valence-electron chi connectivity index (χ2n) is 5.36. The van der Waals surface area contributed by atoms with Crippen LogP contribution in [0.15, 0.2) is 28.3 Å². The van der Waals surface area contributed by atoms with Gasteiger partial charge in [0.1, 0.15) is 5.84 Å². The number of amidine groups is 1. The maximum atomic E-state index is 12.2. The van der Waals surface area contributed by atoms with Crippen LogP contribution in [-0.4, -0.2) is 56.5 Å². The normalized spacial score (nSPS) is 26.2. The molecule has 3 aliphatic rings. The van der Waals surface area contributed by atoms with Crippen molar-refractivity contribution in [2.75, 3.05) is 25.4 Å². The molecule has 1 saturated heterocycles. The highest BCUT2D eigenvalue weighted by molar-refractivity contribution is 7.90. The molecule has 0 spiro atoms. The van der Waals surface area contributed by atoms with E-state index in [2.05, 4.69) is 15.0 Å². The number of carbonyl (C=O) groups is 1. The van der Waals surface area contributed by atoms with Gasteiger partial charge in [-0.25, -0.2) is 8.42 Å². The fourth-order valence-corrected chi connectivity index (χ4v) is 3.55. The smallest absolute Gasteiger partial charge is 0.256 e. The zero-order valence-electron chi connectivity index (χ0n) is 12.0. The summed E-state index contributed by atoms with van der Waals surface area (Å²) < 4.78 is 26.5. The lowest BCUT2D eigenvalue weighted by atomic mass is 10.1. The average molecular weight is 347 g/mol. The number of fused-ring (bicyclic) bond motifs is 1. The van der Waals surface area contributed by atoms with Crippen LogP contribution < -0.4 is 10.6 Å². The Kier molecular flexibility index (Phi) is 5.25. The zero-order chi connectivity index (χ0) is 14.9. The Morgan fingerprint density at radius 3 is 2.95 bits per heavy atom. The van der Waals surface area contributed by atoms with Crippen molar-refractivity contribution in [3.05, 3.63) is 23.9 Å². The molecule has 22 heavy (non-hydrogen) atoms. The van der Waals surface area contributed by atoms with E-state index in [1.165, 1.54) is 0 Å². The lowest BCUT2D eigenvalue weighted by Gasteiger charge is -2.28. The Bertz CT molecular complexity index is 636. The minimum Gasteiger partial charge on any atom is -0.348 e. The first kappa shape index (κ1) is 17.0. The van der Waals surface area contributed by atoms with Gasteiger partial charge in [0.2, 0.25) is 0 Å². The molecule has 0 saturated carbocycles. The summed E-state index contributed by atoms with van der Waals surface area (Å²) in [6.07, 6.45) is 6.89. The first-order valence-corrected chi connectivity index (χ1v) is 8.65. The molecule has 0 radical (unpaired) electrons. The van der Waals surface area contributed by atoms with Crippen LogP contribution in [0, 0.1) is 0 Å². The van der Waals surface area contributed by atoms with Crippen LogP contribution >= 0.6 is 12.4 Å². The third-order valence-corrected chi connectivity index (χ3v) is 4.88. The summed E-state index contributed by atoms with van der Waals surface area (Å²) in [4.78, 5) is 13.9. The number of carbonyl (C=O) groups excluding carboxylic acids is 1. The Hall–Kier alpha value is -1.38. The number of nitrogens with one attached hydrogen (secondary N) is 2. The van der Waals surface area contributed by atoms with Crippen molar-refractivity contribution in [3.8, 4) is 0 Å². The lowest BCUT2D eigenvalue weighted by molar-refractivity contribution is -0.118. The third-order valence-electron chi connectivity index (χ3n) is 3.72. The molecule has 3 heterocycles. The maximum Gasteiger partial charge on any atom is 0.256 e. The maximum absolute atomic E-state index is 12.2. The number of sulfonamides is 1. The highest BCUT2D eigenvalue weighted by atomic mass is 35.5. The van der Waals surface area contributed by atoms with Gasteiger partial charge in [0.05, 0.1) is 11.3 Å². The van der Waals surface area contributed by atoms with Crippen molar-refractivity contribution in [2.45, 2.75) is 18.9 Å². The number of rotatable bonds is 2. The van der Waals surface area contributed by atoms with Crippen molar-refractivity contribution in [2.24, 2.45) is 4.40 Å². The summed E-state index contributed by atoms with van der Waals surface area (Å²) in [7, 11) is -3.36. The van der Waals surface area contributed by atoms with Crippen molar-refractivity contribution in [1.29, 1.82) is 0 Å². The predicted molar refractivity (Wildman–Crippen MR) is 86.4 cm³/mol. The molecule has 9 heteroatoms. The fraction of sp³-hybridized carbons (Fsp3) is 0.538. The first-order valence-electron chi connectivity index (χ1n) is 7.04. The van der Waals surface area contributed by atoms with Gasteiger partial charge in [0, 0.05) is 25.3 Å². The van der Waals surface area contributed by atoms with E-state index in [-0.39, 0.29) is 30.1 Å². The highest BCUT2D eigenvalue weighted by Gasteiger charge is 2.25. The fourth-order valence-electron chi connectivity index (χ4n) is 2.58. The molecule has 0 aromatic carbocycles. The summed E-state index contributed by atoms with van der Waals surface area (Å²) in [6, 6.07) is 0.150. The Labute approximate surface area is 136 Å². The molecule has 0 bridgehead atoms. The zero-order valence-corrected chi connectivity index (χ0v) is 13.6. The van der Waals surface area contributed by atoms with Crippen LogP contribution in [0.25, 0.3) is 0 Å². The van der Waals surface area contributed by atoms with Gasteiger partial charge >= 0.3 is 0 Å². The van der Waals surface area contributed by atoms with E-state index in [0.29, 0.717) is 18.0 Å². The van der Waals surface area contributed by atoms with Gasteiger partial charge in [-0.05, 0) is 31.5 Å². The minimum absolute atomic E-state index is 0. The van der Waals surface area contributed by atoms with Gasteiger partial charge in [0.15, 0.2) is 0 Å². The monoisotopic (exact) mass is 346 g/mol. The second kappa shape index (κ2) is 6.80. The van der Waals surface area contributed by atoms with E-state index >= 15 is 0 Å². The van der Waals surface area contributed by atoms with Gasteiger partial charge < -0.3 is 15.5 Å². The van der Waals surface area contributed by atoms with E-state index in [1.54, 1.807) is 23.3 Å². The molecular formula is C13H19ClN4O3S. The van der Waals surface area contributed by atoms with Crippen LogP contribution in [0.3, 0.4) is 0 Å². The molecule has 3 aliphatic heterocycles. The van der Waals surface area contributed by atoms with E-state index in [1.807, 2.05) is 0 Å². The molecule has 0 aromatic heterocycles. The predicted octanol–water partition coefficient (Wildman–Crippen LogP) is -0.226. The highest BCUT2D eigenvalue weighted by Crippen LogP contribution is 2.16. The van der Waals surface area contributed by atoms with E-state index in [0.717, 1.165) is 25.9 Å². The first-order chi connectivity index (χ1) is 10.0. The number of amides is 1. The summed E-state index contributed by atoms with van der Waals surface area (Å²) in [5.74, 6) is 0.215. The van der Waals surface area contributed by atoms with Gasteiger partial charge in [-0.3, -0.25) is 4.79 Å². The standard InChI is InChI=1S/C13H18N4O3S.ClH/c18-13(15-11-2-1-5-14-8-11)10-3-4-12-16-21(19,20)7-6-17(12)9-10;/h3-4,9,11,14H,1-2,5-8H2,(H,15,18);1H/t11-;/m0./s1. The molecule has 2 N–H and O–H groups in total. The molecule has 1 fully saturated rings. The van der Waals surface area contributed by atoms with Crippen LogP contribution in [0.2, 0.25) is 0 Å². The number of halogens is 1. The molecule has 1 amide bonds. The van der Waals surface area contributed by atoms with Crippen LogP contribution in [-0.2, 0) is 14.8 Å². The summed E-state index contributed by atoms with van der Waals surface area (Å²) in [5.41, 5.74) is 0.527. The molecule has 122 valence electrons. The van der Waals surface area contributed by atoms with Gasteiger partial charge in [-0.1, -0.05) is 0 Å². The molecule has 0 unspecified atom stereocenters. The largest absolute Gasteiger partial charge is 0.348 e. The van der Waals surface area contributed by atoms with Crippen LogP contribution in [0.4, 0.5) is 0 Å². The molecule has 0 aromatic rings. The SMILES string of the molecule is Cl.O=C(N[C@H]1CCCNC1)C1=CN2CCS(=O)(=O)N=C2C=C1. The molecule has 1 atom stereocenters. The Morgan fingerprint density at radius 1 is 1.41 bits per heavy atom. The minimum atomic E-state index is -3.36. The van der Waals surface area contributed by atoms with Gasteiger partial charge in [-0.2, -0.15) is 0 Å². The van der Waals surface area contributed by atoms with E-state index < -0.39 is 10.0 Å². The third kappa shape index (κ3) is 3.88. The summed E-state index contributed by atoms with van der Waals surface area (Å²) >= 11 is 0. The van der Waals surface area contributed by atoms with Gasteiger partial charge in [-0.15, -0.1) is 16.8 Å². The Balaban J connectivity index is 0.00000176. The van der Waals surface area contributed by atoms with E-state index in [4.69, 9.17) is 0 Å². The van der Waals surface area contributed by atoms with Crippen molar-refractivity contribution in [1.82, 2.24) is 15.5 Å². The molecule has 0 aliphatic carbocycles. The van der Waals surface area contributed by atoms with Crippen LogP contribution in [0.5, 0.6) is 0 Å². The summed E-state index contributed by atoms with van der Waals surface area (Å²) in [5, 5.41) is 6.24. The second-order valence-corrected chi connectivity index (χ2v) is 7.12. The van der Waals surface area contributed by atoms with Gasteiger partial charge in [0.25, 0.3) is 15.9 Å². The molecule has 7 nitrogen and oxygen atoms in total. The van der Waals surface area contributed by atoms with E-state index in [9.17, 15) is 13.2 Å². The van der Waals surface area contributed by atoms with Crippen molar-refractivity contribution in [3.63, 3.8) is 0 Å². The lowest BCUT2D eigenvalue weighted by Crippen LogP contribution is -2.46. The number of piperidine rings is 1. The topological polar surface area (TPSA) is 90.9 Å². The quantitative estimate of drug-likeness (QED) is 0.721. The number of nitrogens with zero attached hydrogens (tertiary/aromatic N) is 2. The van der Waals surface area contributed by atoms with Crippen molar-refractivity contribution >= 4 is 34.2 Å². The summed E-state index contributed by atoms with van der Waals surface area (Å²) in [6.45, 7) is 2.11. The van der Waals surface area contributed by atoms with Crippen molar-refractivity contribution < 1.29 is 13.2 Å². The molecular weight excluding hydrogens is 328 g/mol.